The third kappa shape index (κ3) is 6.03. The van der Waals surface area contributed by atoms with Crippen molar-refractivity contribution in [2.45, 2.75) is 64.6 Å². The minimum atomic E-state index is 0. The van der Waals surface area contributed by atoms with Crippen molar-refractivity contribution in [3.63, 3.8) is 0 Å². The topological polar surface area (TPSA) is 79.6 Å². The summed E-state index contributed by atoms with van der Waals surface area (Å²) in [6.07, 6.45) is 8.25. The molecule has 0 aromatic carbocycles. The second-order valence-corrected chi connectivity index (χ2v) is 7.47. The lowest BCUT2D eigenvalue weighted by Crippen LogP contribution is -2.60. The first kappa shape index (κ1) is 23.3. The van der Waals surface area contributed by atoms with E-state index >= 15 is 0 Å². The van der Waals surface area contributed by atoms with Crippen molar-refractivity contribution < 1.29 is 4.74 Å². The molecule has 1 aromatic heterocycles. The van der Waals surface area contributed by atoms with Gasteiger partial charge in [0.1, 0.15) is 12.9 Å². The van der Waals surface area contributed by atoms with Crippen LogP contribution in [-0.2, 0) is 17.8 Å². The molecule has 1 aromatic rings. The molecule has 0 unspecified atom stereocenters. The van der Waals surface area contributed by atoms with Crippen molar-refractivity contribution in [1.29, 1.82) is 0 Å². The molecule has 2 N–H and O–H groups in total. The maximum absolute atomic E-state index is 5.59. The predicted octanol–water partition coefficient (Wildman–Crippen LogP) is 2.01. The van der Waals surface area contributed by atoms with Gasteiger partial charge in [-0.2, -0.15) is 0 Å². The molecule has 3 rings (SSSR count). The van der Waals surface area contributed by atoms with Crippen LogP contribution in [0.4, 0.5) is 0 Å². The largest absolute Gasteiger partial charge is 0.379 e. The number of halogens is 1. The standard InChI is InChI=1S/C19H35N7O.HI/c1-3-20-18(21-14-17-24-23-16-25(17)4-2)22-15-19(8-6-5-7-9-19)26-10-12-27-13-11-26;/h16H,3-15H2,1-2H3,(H2,20,21,22);1H. The van der Waals surface area contributed by atoms with Crippen molar-refractivity contribution in [2.75, 3.05) is 39.4 Å². The van der Waals surface area contributed by atoms with Gasteiger partial charge in [-0.25, -0.2) is 4.99 Å². The molecule has 1 aliphatic heterocycles. The number of hydrogen-bond donors (Lipinski definition) is 2. The van der Waals surface area contributed by atoms with Gasteiger partial charge in [-0.05, 0) is 26.7 Å². The van der Waals surface area contributed by atoms with Crippen LogP contribution in [0.1, 0.15) is 51.8 Å². The molecule has 9 heteroatoms. The number of aryl methyl sites for hydroxylation is 1. The van der Waals surface area contributed by atoms with Gasteiger partial charge in [-0.1, -0.05) is 19.3 Å². The Bertz CT molecular complexity index is 595. The van der Waals surface area contributed by atoms with Gasteiger partial charge in [0.05, 0.1) is 13.2 Å². The summed E-state index contributed by atoms with van der Waals surface area (Å²) in [7, 11) is 0. The van der Waals surface area contributed by atoms with Crippen molar-refractivity contribution in [3.05, 3.63) is 12.2 Å². The highest BCUT2D eigenvalue weighted by Crippen LogP contribution is 2.33. The minimum absolute atomic E-state index is 0. The van der Waals surface area contributed by atoms with E-state index in [9.17, 15) is 0 Å². The highest BCUT2D eigenvalue weighted by molar-refractivity contribution is 14.0. The quantitative estimate of drug-likeness (QED) is 0.336. The summed E-state index contributed by atoms with van der Waals surface area (Å²) in [5, 5.41) is 15.2. The van der Waals surface area contributed by atoms with Gasteiger partial charge >= 0.3 is 0 Å². The van der Waals surface area contributed by atoms with Crippen molar-refractivity contribution >= 4 is 29.9 Å². The fourth-order valence-electron chi connectivity index (χ4n) is 4.26. The second kappa shape index (κ2) is 11.9. The van der Waals surface area contributed by atoms with E-state index < -0.39 is 0 Å². The van der Waals surface area contributed by atoms with Crippen LogP contribution in [0.2, 0.25) is 0 Å². The van der Waals surface area contributed by atoms with Crippen LogP contribution in [0.15, 0.2) is 11.3 Å². The Hall–Kier alpha value is -0.940. The number of aromatic nitrogens is 3. The molecule has 1 saturated carbocycles. The fraction of sp³-hybridized carbons (Fsp3) is 0.842. The molecular formula is C19H36IN7O. The SMILES string of the molecule is CCNC(=NCc1nncn1CC)NCC1(N2CCOCC2)CCCCC1.I. The molecule has 160 valence electrons. The highest BCUT2D eigenvalue weighted by Gasteiger charge is 2.38. The Morgan fingerprint density at radius 1 is 1.18 bits per heavy atom. The summed E-state index contributed by atoms with van der Waals surface area (Å²) in [6, 6.07) is 0. The van der Waals surface area contributed by atoms with E-state index in [1.54, 1.807) is 6.33 Å². The molecular weight excluding hydrogens is 469 g/mol. The number of guanidine groups is 1. The highest BCUT2D eigenvalue weighted by atomic mass is 127. The average Bonchev–Trinajstić information content (AvgIpc) is 3.19. The molecule has 1 saturated heterocycles. The monoisotopic (exact) mass is 505 g/mol. The zero-order chi connectivity index (χ0) is 19.0. The van der Waals surface area contributed by atoms with Crippen LogP contribution in [0.5, 0.6) is 0 Å². The molecule has 1 aliphatic carbocycles. The number of nitrogens with zero attached hydrogens (tertiary/aromatic N) is 5. The number of aliphatic imine (C=N–C) groups is 1. The van der Waals surface area contributed by atoms with Crippen LogP contribution in [0.25, 0.3) is 0 Å². The van der Waals surface area contributed by atoms with Crippen LogP contribution < -0.4 is 10.6 Å². The molecule has 0 atom stereocenters. The van der Waals surface area contributed by atoms with Crippen molar-refractivity contribution in [2.24, 2.45) is 4.99 Å². The van der Waals surface area contributed by atoms with Gasteiger partial charge in [0.2, 0.25) is 0 Å². The van der Waals surface area contributed by atoms with Gasteiger partial charge in [-0.3, -0.25) is 4.90 Å². The third-order valence-corrected chi connectivity index (χ3v) is 5.81. The fourth-order valence-corrected chi connectivity index (χ4v) is 4.26. The van der Waals surface area contributed by atoms with Crippen molar-refractivity contribution in [3.8, 4) is 0 Å². The number of hydrogen-bond acceptors (Lipinski definition) is 5. The Labute approximate surface area is 185 Å². The maximum atomic E-state index is 5.59. The van der Waals surface area contributed by atoms with E-state index in [2.05, 4.69) is 39.6 Å². The molecule has 0 spiro atoms. The first-order valence-electron chi connectivity index (χ1n) is 10.5. The molecule has 28 heavy (non-hydrogen) atoms. The lowest BCUT2D eigenvalue weighted by atomic mass is 9.80. The molecule has 2 aliphatic rings. The van der Waals surface area contributed by atoms with Gasteiger partial charge in [0, 0.05) is 38.3 Å². The Kier molecular flexibility index (Phi) is 9.93. The summed E-state index contributed by atoms with van der Waals surface area (Å²) in [5.74, 6) is 1.76. The molecule has 2 heterocycles. The van der Waals surface area contributed by atoms with Gasteiger partial charge in [-0.15, -0.1) is 34.2 Å². The molecule has 8 nitrogen and oxygen atoms in total. The Balaban J connectivity index is 0.00000280. The number of morpholine rings is 1. The number of nitrogens with one attached hydrogen (secondary N) is 2. The smallest absolute Gasteiger partial charge is 0.191 e. The summed E-state index contributed by atoms with van der Waals surface area (Å²) in [5.41, 5.74) is 0.224. The first-order valence-corrected chi connectivity index (χ1v) is 10.5. The predicted molar refractivity (Wildman–Crippen MR) is 122 cm³/mol. The normalized spacial score (nSPS) is 20.4. The number of rotatable bonds is 7. The molecule has 0 bridgehead atoms. The van der Waals surface area contributed by atoms with E-state index in [0.717, 1.165) is 57.7 Å². The van der Waals surface area contributed by atoms with Gasteiger partial charge in [0.15, 0.2) is 11.8 Å². The third-order valence-electron chi connectivity index (χ3n) is 5.81. The Morgan fingerprint density at radius 2 is 1.93 bits per heavy atom. The van der Waals surface area contributed by atoms with E-state index in [0.29, 0.717) is 6.54 Å². The summed E-state index contributed by atoms with van der Waals surface area (Å²) in [6.45, 7) is 11.1. The van der Waals surface area contributed by atoms with Crippen LogP contribution >= 0.6 is 24.0 Å². The van der Waals surface area contributed by atoms with E-state index in [1.165, 1.54) is 32.1 Å². The molecule has 2 fully saturated rings. The summed E-state index contributed by atoms with van der Waals surface area (Å²) < 4.78 is 7.62. The van der Waals surface area contributed by atoms with Crippen LogP contribution in [-0.4, -0.2) is 70.6 Å². The minimum Gasteiger partial charge on any atom is -0.379 e. The number of ether oxygens (including phenoxy) is 1. The van der Waals surface area contributed by atoms with E-state index in [1.807, 2.05) is 4.57 Å². The van der Waals surface area contributed by atoms with E-state index in [4.69, 9.17) is 9.73 Å². The zero-order valence-corrected chi connectivity index (χ0v) is 19.7. The second-order valence-electron chi connectivity index (χ2n) is 7.47. The summed E-state index contributed by atoms with van der Waals surface area (Å²) in [4.78, 5) is 7.41. The maximum Gasteiger partial charge on any atom is 0.191 e. The molecule has 0 amide bonds. The lowest BCUT2D eigenvalue weighted by molar-refractivity contribution is -0.0352. The molecule has 0 radical (unpaired) electrons. The zero-order valence-electron chi connectivity index (χ0n) is 17.3. The Morgan fingerprint density at radius 3 is 2.61 bits per heavy atom. The van der Waals surface area contributed by atoms with Crippen LogP contribution in [0.3, 0.4) is 0 Å². The lowest BCUT2D eigenvalue weighted by Gasteiger charge is -2.48. The van der Waals surface area contributed by atoms with Gasteiger partial charge in [0.25, 0.3) is 0 Å². The van der Waals surface area contributed by atoms with Gasteiger partial charge < -0.3 is 19.9 Å². The first-order chi connectivity index (χ1) is 13.3. The van der Waals surface area contributed by atoms with Crippen molar-refractivity contribution in [1.82, 2.24) is 30.3 Å². The van der Waals surface area contributed by atoms with E-state index in [-0.39, 0.29) is 29.5 Å². The van der Waals surface area contributed by atoms with Crippen LogP contribution in [0, 0.1) is 0 Å². The summed E-state index contributed by atoms with van der Waals surface area (Å²) >= 11 is 0. The average molecular weight is 505 g/mol.